The molecule has 2 rings (SSSR count). The number of amides is 1. The fourth-order valence-electron chi connectivity index (χ4n) is 2.37. The molecule has 0 aliphatic carbocycles. The molecule has 2 aromatic carbocycles. The first kappa shape index (κ1) is 18.4. The number of hydrogen-bond donors (Lipinski definition) is 2. The summed E-state index contributed by atoms with van der Waals surface area (Å²) in [6.45, 7) is 3.59. The van der Waals surface area contributed by atoms with Crippen molar-refractivity contribution in [3.63, 3.8) is 0 Å². The van der Waals surface area contributed by atoms with E-state index in [4.69, 9.17) is 4.74 Å². The summed E-state index contributed by atoms with van der Waals surface area (Å²) in [6.07, 6.45) is 0. The van der Waals surface area contributed by atoms with Crippen molar-refractivity contribution >= 4 is 29.1 Å². The lowest BCUT2D eigenvalue weighted by Crippen LogP contribution is -2.36. The number of halogens is 1. The number of fused-ring (bicyclic) bond motifs is 1. The second-order valence-corrected chi connectivity index (χ2v) is 5.03. The van der Waals surface area contributed by atoms with Crippen LogP contribution in [0.3, 0.4) is 0 Å². The molecule has 0 heterocycles. The number of hydrogen-bond acceptors (Lipinski definition) is 3. The Morgan fingerprint density at radius 3 is 2.68 bits per heavy atom. The molecule has 2 aromatic rings. The Hall–Kier alpha value is -1.62. The van der Waals surface area contributed by atoms with Crippen LogP contribution in [0.4, 0.5) is 0 Å². The second-order valence-electron chi connectivity index (χ2n) is 5.03. The van der Waals surface area contributed by atoms with Gasteiger partial charge in [0.2, 0.25) is 5.91 Å². The Kier molecular flexibility index (Phi) is 7.88. The minimum atomic E-state index is -0.0205. The maximum atomic E-state index is 11.9. The molecule has 0 aliphatic heterocycles. The Morgan fingerprint density at radius 1 is 1.18 bits per heavy atom. The maximum absolute atomic E-state index is 11.9. The lowest BCUT2D eigenvalue weighted by atomic mass is 10.00. The molecule has 0 radical (unpaired) electrons. The molecule has 0 aliphatic rings. The van der Waals surface area contributed by atoms with Gasteiger partial charge in [-0.05, 0) is 23.3 Å². The molecule has 2 N–H and O–H groups in total. The van der Waals surface area contributed by atoms with E-state index in [2.05, 4.69) is 34.9 Å². The highest BCUT2D eigenvalue weighted by Gasteiger charge is 2.11. The summed E-state index contributed by atoms with van der Waals surface area (Å²) in [7, 11) is 1.64. The molecular weight excluding hydrogens is 300 g/mol. The van der Waals surface area contributed by atoms with Crippen LogP contribution in [0.1, 0.15) is 18.5 Å². The van der Waals surface area contributed by atoms with E-state index in [1.807, 2.05) is 25.1 Å². The SMILES string of the molecule is COCCNCC(=O)NC(C)c1cccc2ccccc12.Cl. The standard InChI is InChI=1S/C17H22N2O2.ClH/c1-13(19-17(20)12-18-10-11-21-2)15-9-5-7-14-6-3-4-8-16(14)15;/h3-9,13,18H,10-12H2,1-2H3,(H,19,20);1H. The first-order chi connectivity index (χ1) is 10.2. The number of methoxy groups -OCH3 is 1. The lowest BCUT2D eigenvalue weighted by Gasteiger charge is -2.17. The molecule has 22 heavy (non-hydrogen) atoms. The maximum Gasteiger partial charge on any atom is 0.234 e. The molecular formula is C17H23ClN2O2. The summed E-state index contributed by atoms with van der Waals surface area (Å²) in [6, 6.07) is 14.4. The first-order valence-corrected chi connectivity index (χ1v) is 7.19. The first-order valence-electron chi connectivity index (χ1n) is 7.19. The smallest absolute Gasteiger partial charge is 0.234 e. The van der Waals surface area contributed by atoms with Crippen molar-refractivity contribution < 1.29 is 9.53 Å². The van der Waals surface area contributed by atoms with Crippen molar-refractivity contribution in [1.82, 2.24) is 10.6 Å². The van der Waals surface area contributed by atoms with Crippen molar-refractivity contribution in [1.29, 1.82) is 0 Å². The van der Waals surface area contributed by atoms with E-state index < -0.39 is 0 Å². The van der Waals surface area contributed by atoms with E-state index in [9.17, 15) is 4.79 Å². The van der Waals surface area contributed by atoms with Gasteiger partial charge in [-0.25, -0.2) is 0 Å². The van der Waals surface area contributed by atoms with E-state index in [1.54, 1.807) is 7.11 Å². The van der Waals surface area contributed by atoms with Crippen LogP contribution in [0.15, 0.2) is 42.5 Å². The quantitative estimate of drug-likeness (QED) is 0.771. The number of carbonyl (C=O) groups excluding carboxylic acids is 1. The number of ether oxygens (including phenoxy) is 1. The third-order valence-electron chi connectivity index (χ3n) is 3.44. The van der Waals surface area contributed by atoms with Gasteiger partial charge in [0.25, 0.3) is 0 Å². The summed E-state index contributed by atoms with van der Waals surface area (Å²) in [5.74, 6) is -0.00784. The summed E-state index contributed by atoms with van der Waals surface area (Å²) in [5, 5.41) is 8.44. The topological polar surface area (TPSA) is 50.4 Å². The van der Waals surface area contributed by atoms with Crippen molar-refractivity contribution in [3.05, 3.63) is 48.0 Å². The zero-order chi connectivity index (χ0) is 15.1. The van der Waals surface area contributed by atoms with Gasteiger partial charge in [0.05, 0.1) is 19.2 Å². The van der Waals surface area contributed by atoms with Crippen molar-refractivity contribution in [2.75, 3.05) is 26.8 Å². The van der Waals surface area contributed by atoms with E-state index in [1.165, 1.54) is 10.8 Å². The fraction of sp³-hybridized carbons (Fsp3) is 0.353. The van der Waals surface area contributed by atoms with E-state index in [-0.39, 0.29) is 24.4 Å². The van der Waals surface area contributed by atoms with Gasteiger partial charge in [-0.2, -0.15) is 0 Å². The van der Waals surface area contributed by atoms with Gasteiger partial charge in [0.15, 0.2) is 0 Å². The summed E-state index contributed by atoms with van der Waals surface area (Å²) >= 11 is 0. The van der Waals surface area contributed by atoms with E-state index in [0.717, 1.165) is 5.56 Å². The Balaban J connectivity index is 0.00000242. The number of benzene rings is 2. The van der Waals surface area contributed by atoms with Gasteiger partial charge >= 0.3 is 0 Å². The molecule has 4 nitrogen and oxygen atoms in total. The number of nitrogens with one attached hydrogen (secondary N) is 2. The van der Waals surface area contributed by atoms with Crippen LogP contribution in [-0.4, -0.2) is 32.7 Å². The zero-order valence-corrected chi connectivity index (χ0v) is 13.8. The van der Waals surface area contributed by atoms with Crippen molar-refractivity contribution in [3.8, 4) is 0 Å². The van der Waals surface area contributed by atoms with Crippen molar-refractivity contribution in [2.45, 2.75) is 13.0 Å². The summed E-state index contributed by atoms with van der Waals surface area (Å²) in [4.78, 5) is 11.9. The lowest BCUT2D eigenvalue weighted by molar-refractivity contribution is -0.120. The largest absolute Gasteiger partial charge is 0.383 e. The molecule has 0 bridgehead atoms. The average molecular weight is 323 g/mol. The van der Waals surface area contributed by atoms with Gasteiger partial charge in [-0.3, -0.25) is 4.79 Å². The van der Waals surface area contributed by atoms with Crippen molar-refractivity contribution in [2.24, 2.45) is 0 Å². The molecule has 5 heteroatoms. The molecule has 1 unspecified atom stereocenters. The van der Waals surface area contributed by atoms with E-state index in [0.29, 0.717) is 19.7 Å². The summed E-state index contributed by atoms with van der Waals surface area (Å²) < 4.78 is 4.93. The Bertz CT molecular complexity index is 599. The second kappa shape index (κ2) is 9.41. The third kappa shape index (κ3) is 4.98. The van der Waals surface area contributed by atoms with Crippen LogP contribution in [0, 0.1) is 0 Å². The van der Waals surface area contributed by atoms with Crippen LogP contribution in [0.25, 0.3) is 10.8 Å². The van der Waals surface area contributed by atoms with Gasteiger partial charge in [0.1, 0.15) is 0 Å². The molecule has 120 valence electrons. The molecule has 0 fully saturated rings. The molecule has 0 spiro atoms. The minimum Gasteiger partial charge on any atom is -0.383 e. The van der Waals surface area contributed by atoms with Crippen LogP contribution in [-0.2, 0) is 9.53 Å². The van der Waals surface area contributed by atoms with Crippen LogP contribution in [0.2, 0.25) is 0 Å². The Morgan fingerprint density at radius 2 is 1.91 bits per heavy atom. The Labute approximate surface area is 137 Å². The fourth-order valence-corrected chi connectivity index (χ4v) is 2.37. The molecule has 0 aromatic heterocycles. The van der Waals surface area contributed by atoms with Crippen LogP contribution >= 0.6 is 12.4 Å². The molecule has 1 amide bonds. The molecule has 0 saturated carbocycles. The van der Waals surface area contributed by atoms with Gasteiger partial charge in [0, 0.05) is 13.7 Å². The number of rotatable bonds is 7. The monoisotopic (exact) mass is 322 g/mol. The average Bonchev–Trinajstić information content (AvgIpc) is 2.51. The van der Waals surface area contributed by atoms with Crippen LogP contribution in [0.5, 0.6) is 0 Å². The third-order valence-corrected chi connectivity index (χ3v) is 3.44. The molecule has 1 atom stereocenters. The predicted molar refractivity (Wildman–Crippen MR) is 92.5 cm³/mol. The molecule has 0 saturated heterocycles. The zero-order valence-electron chi connectivity index (χ0n) is 13.0. The normalized spacial score (nSPS) is 11.7. The van der Waals surface area contributed by atoms with Gasteiger partial charge in [-0.15, -0.1) is 12.4 Å². The minimum absolute atomic E-state index is 0. The van der Waals surface area contributed by atoms with Gasteiger partial charge in [-0.1, -0.05) is 42.5 Å². The highest BCUT2D eigenvalue weighted by Crippen LogP contribution is 2.23. The van der Waals surface area contributed by atoms with E-state index >= 15 is 0 Å². The summed E-state index contributed by atoms with van der Waals surface area (Å²) in [5.41, 5.74) is 1.14. The number of carbonyl (C=O) groups is 1. The van der Waals surface area contributed by atoms with Crippen LogP contribution < -0.4 is 10.6 Å². The highest BCUT2D eigenvalue weighted by atomic mass is 35.5. The van der Waals surface area contributed by atoms with Gasteiger partial charge < -0.3 is 15.4 Å². The highest BCUT2D eigenvalue weighted by molar-refractivity contribution is 5.87. The predicted octanol–water partition coefficient (Wildman–Crippen LogP) is 2.67.